The molecule has 0 bridgehead atoms. The number of carbonyl (C=O) groups excluding carboxylic acids is 2. The van der Waals surface area contributed by atoms with Crippen LogP contribution >= 0.6 is 0 Å². The first kappa shape index (κ1) is 18.3. The van der Waals surface area contributed by atoms with Crippen molar-refractivity contribution in [1.29, 1.82) is 0 Å². The number of ketones is 1. The van der Waals surface area contributed by atoms with Crippen molar-refractivity contribution in [3.63, 3.8) is 0 Å². The highest BCUT2D eigenvalue weighted by Gasteiger charge is 2.64. The second kappa shape index (κ2) is 5.94. The van der Waals surface area contributed by atoms with Crippen LogP contribution in [0, 0.1) is 28.6 Å². The summed E-state index contributed by atoms with van der Waals surface area (Å²) in [6.07, 6.45) is 11.0. The molecule has 0 spiro atoms. The number of carbonyl (C=O) groups is 2. The smallest absolute Gasteiger partial charge is 0.306 e. The molecule has 6 atom stereocenters. The van der Waals surface area contributed by atoms with Gasteiger partial charge in [-0.15, -0.1) is 0 Å². The normalized spacial score (nSPS) is 47.5. The van der Waals surface area contributed by atoms with E-state index in [0.717, 1.165) is 32.1 Å². The molecule has 3 fully saturated rings. The summed E-state index contributed by atoms with van der Waals surface area (Å²) in [7, 11) is 0. The van der Waals surface area contributed by atoms with Crippen molar-refractivity contribution in [3.05, 3.63) is 11.6 Å². The van der Waals surface area contributed by atoms with E-state index in [0.29, 0.717) is 30.0 Å². The van der Waals surface area contributed by atoms with Crippen LogP contribution in [0.15, 0.2) is 11.6 Å². The number of ether oxygens (including phenoxy) is 1. The Balaban J connectivity index is 1.63. The van der Waals surface area contributed by atoms with Gasteiger partial charge >= 0.3 is 5.97 Å². The summed E-state index contributed by atoms with van der Waals surface area (Å²) < 4.78 is 6.05. The zero-order valence-electron chi connectivity index (χ0n) is 16.9. The quantitative estimate of drug-likeness (QED) is 0.635. The maximum absolute atomic E-state index is 12.1. The van der Waals surface area contributed by atoms with Crippen LogP contribution in [-0.2, 0) is 14.3 Å². The SMILES string of the molecule is CCC(=O)O[C@@]1(C)CC[C@H]2[C@@H]3CCC4=CC(=O)CC[C@]4(C)[C@H]3CC[C@@]21C. The Kier molecular flexibility index (Phi) is 4.17. The van der Waals surface area contributed by atoms with Gasteiger partial charge in [-0.3, -0.25) is 9.59 Å². The lowest BCUT2D eigenvalue weighted by molar-refractivity contribution is -0.179. The number of hydrogen-bond acceptors (Lipinski definition) is 3. The number of rotatable bonds is 2. The Labute approximate surface area is 157 Å². The molecule has 0 amide bonds. The summed E-state index contributed by atoms with van der Waals surface area (Å²) >= 11 is 0. The monoisotopic (exact) mass is 358 g/mol. The Morgan fingerprint density at radius 3 is 2.54 bits per heavy atom. The Hall–Kier alpha value is -1.12. The fourth-order valence-corrected chi connectivity index (χ4v) is 7.28. The van der Waals surface area contributed by atoms with Crippen molar-refractivity contribution in [1.82, 2.24) is 0 Å². The Bertz CT molecular complexity index is 664. The number of fused-ring (bicyclic) bond motifs is 5. The zero-order chi connectivity index (χ0) is 18.7. The summed E-state index contributed by atoms with van der Waals surface area (Å²) in [5.74, 6) is 2.33. The van der Waals surface area contributed by atoms with Gasteiger partial charge in [0.1, 0.15) is 5.60 Å². The third kappa shape index (κ3) is 2.38. The van der Waals surface area contributed by atoms with Crippen LogP contribution in [0.3, 0.4) is 0 Å². The second-order valence-electron chi connectivity index (χ2n) is 10.0. The van der Waals surface area contributed by atoms with Gasteiger partial charge in [-0.2, -0.15) is 0 Å². The minimum Gasteiger partial charge on any atom is -0.459 e. The van der Waals surface area contributed by atoms with Crippen LogP contribution in [0.25, 0.3) is 0 Å². The molecule has 0 aromatic carbocycles. The van der Waals surface area contributed by atoms with E-state index in [2.05, 4.69) is 20.8 Å². The van der Waals surface area contributed by atoms with E-state index in [1.807, 2.05) is 13.0 Å². The first-order valence-electron chi connectivity index (χ1n) is 10.7. The molecule has 4 rings (SSSR count). The molecule has 144 valence electrons. The second-order valence-corrected chi connectivity index (χ2v) is 10.0. The predicted molar refractivity (Wildman–Crippen MR) is 101 cm³/mol. The van der Waals surface area contributed by atoms with Crippen LogP contribution in [0.2, 0.25) is 0 Å². The lowest BCUT2D eigenvalue weighted by atomic mass is 9.46. The van der Waals surface area contributed by atoms with Gasteiger partial charge < -0.3 is 4.74 Å². The Morgan fingerprint density at radius 1 is 1.08 bits per heavy atom. The summed E-state index contributed by atoms with van der Waals surface area (Å²) in [6, 6.07) is 0. The molecule has 0 aromatic heterocycles. The van der Waals surface area contributed by atoms with Gasteiger partial charge in [0.05, 0.1) is 0 Å². The highest BCUT2D eigenvalue weighted by atomic mass is 16.6. The van der Waals surface area contributed by atoms with E-state index in [-0.39, 0.29) is 22.4 Å². The van der Waals surface area contributed by atoms with Crippen LogP contribution < -0.4 is 0 Å². The largest absolute Gasteiger partial charge is 0.459 e. The van der Waals surface area contributed by atoms with E-state index >= 15 is 0 Å². The molecule has 3 nitrogen and oxygen atoms in total. The molecule has 0 unspecified atom stereocenters. The van der Waals surface area contributed by atoms with Crippen molar-refractivity contribution < 1.29 is 14.3 Å². The van der Waals surface area contributed by atoms with Crippen molar-refractivity contribution in [2.45, 2.75) is 91.1 Å². The molecule has 3 heteroatoms. The minimum absolute atomic E-state index is 0.0527. The van der Waals surface area contributed by atoms with Gasteiger partial charge in [-0.05, 0) is 81.1 Å². The average molecular weight is 359 g/mol. The fourth-order valence-electron chi connectivity index (χ4n) is 7.28. The van der Waals surface area contributed by atoms with Crippen molar-refractivity contribution in [2.75, 3.05) is 0 Å². The molecule has 0 N–H and O–H groups in total. The number of allylic oxidation sites excluding steroid dienone is 1. The molecule has 4 aliphatic rings. The lowest BCUT2D eigenvalue weighted by Crippen LogP contribution is -2.55. The highest BCUT2D eigenvalue weighted by Crippen LogP contribution is 2.68. The minimum atomic E-state index is -0.310. The zero-order valence-corrected chi connectivity index (χ0v) is 16.9. The average Bonchev–Trinajstić information content (AvgIpc) is 2.86. The molecule has 0 aliphatic heterocycles. The van der Waals surface area contributed by atoms with Crippen molar-refractivity contribution >= 4 is 11.8 Å². The van der Waals surface area contributed by atoms with Gasteiger partial charge in [-0.25, -0.2) is 0 Å². The molecule has 4 aliphatic carbocycles. The summed E-state index contributed by atoms with van der Waals surface area (Å²) in [5.41, 5.74) is 1.44. The van der Waals surface area contributed by atoms with Gasteiger partial charge in [0.15, 0.2) is 5.78 Å². The Morgan fingerprint density at radius 2 is 1.81 bits per heavy atom. The van der Waals surface area contributed by atoms with Crippen LogP contribution in [0.5, 0.6) is 0 Å². The topological polar surface area (TPSA) is 43.4 Å². The number of hydrogen-bond donors (Lipinski definition) is 0. The summed E-state index contributed by atoms with van der Waals surface area (Å²) in [5, 5.41) is 0. The molecule has 0 heterocycles. The van der Waals surface area contributed by atoms with Crippen LogP contribution in [0.1, 0.15) is 85.5 Å². The van der Waals surface area contributed by atoms with Gasteiger partial charge in [0.2, 0.25) is 0 Å². The summed E-state index contributed by atoms with van der Waals surface area (Å²) in [6.45, 7) is 8.89. The number of esters is 1. The van der Waals surface area contributed by atoms with E-state index in [1.165, 1.54) is 24.8 Å². The first-order chi connectivity index (χ1) is 12.2. The van der Waals surface area contributed by atoms with Crippen LogP contribution in [-0.4, -0.2) is 17.4 Å². The maximum atomic E-state index is 12.1. The fraction of sp³-hybridized carbons (Fsp3) is 0.826. The lowest BCUT2D eigenvalue weighted by Gasteiger charge is -2.59. The maximum Gasteiger partial charge on any atom is 0.306 e. The van der Waals surface area contributed by atoms with E-state index < -0.39 is 0 Å². The van der Waals surface area contributed by atoms with Gasteiger partial charge in [-0.1, -0.05) is 26.3 Å². The molecule has 26 heavy (non-hydrogen) atoms. The predicted octanol–water partition coefficient (Wildman–Crippen LogP) is 5.23. The van der Waals surface area contributed by atoms with E-state index in [1.54, 1.807) is 0 Å². The third-order valence-electron chi connectivity index (χ3n) is 9.12. The molecular formula is C23H34O3. The van der Waals surface area contributed by atoms with Crippen molar-refractivity contribution in [3.8, 4) is 0 Å². The van der Waals surface area contributed by atoms with Gasteiger partial charge in [0.25, 0.3) is 0 Å². The molecule has 0 aromatic rings. The first-order valence-corrected chi connectivity index (χ1v) is 10.7. The standard InChI is InChI=1S/C23H34O3/c1-5-20(25)26-23(4)13-10-19-17-7-6-15-14-16(24)8-11-21(15,2)18(17)9-12-22(19,23)3/h14,17-19H,5-13H2,1-4H3/t17-,18+,19+,21+,22+,23+/m1/s1. The van der Waals surface area contributed by atoms with Crippen molar-refractivity contribution in [2.24, 2.45) is 28.6 Å². The highest BCUT2D eigenvalue weighted by molar-refractivity contribution is 5.91. The third-order valence-corrected chi connectivity index (χ3v) is 9.12. The van der Waals surface area contributed by atoms with Crippen LogP contribution in [0.4, 0.5) is 0 Å². The molecule has 3 saturated carbocycles. The molecular weight excluding hydrogens is 324 g/mol. The van der Waals surface area contributed by atoms with E-state index in [4.69, 9.17) is 4.74 Å². The van der Waals surface area contributed by atoms with Gasteiger partial charge in [0, 0.05) is 18.3 Å². The summed E-state index contributed by atoms with van der Waals surface area (Å²) in [4.78, 5) is 24.0. The molecule has 0 saturated heterocycles. The molecule has 0 radical (unpaired) electrons. The van der Waals surface area contributed by atoms with E-state index in [9.17, 15) is 9.59 Å².